The molecule has 1 N–H and O–H groups in total. The lowest BCUT2D eigenvalue weighted by Crippen LogP contribution is -2.36. The maximum absolute atomic E-state index is 11.8. The molecular formula is C21H22N4O3S. The Morgan fingerprint density at radius 3 is 2.52 bits per heavy atom. The van der Waals surface area contributed by atoms with Crippen molar-refractivity contribution in [3.8, 4) is 11.3 Å². The van der Waals surface area contributed by atoms with Crippen molar-refractivity contribution in [1.29, 1.82) is 0 Å². The van der Waals surface area contributed by atoms with Gasteiger partial charge < -0.3 is 15.0 Å². The van der Waals surface area contributed by atoms with Crippen LogP contribution in [0.5, 0.6) is 0 Å². The van der Waals surface area contributed by atoms with E-state index in [1.165, 1.54) is 6.26 Å². The van der Waals surface area contributed by atoms with Gasteiger partial charge in [-0.05, 0) is 42.5 Å². The van der Waals surface area contributed by atoms with Gasteiger partial charge in [-0.15, -0.1) is 0 Å². The highest BCUT2D eigenvalue weighted by atomic mass is 32.2. The number of aromatic nitrogens is 2. The fourth-order valence-corrected chi connectivity index (χ4v) is 3.84. The third-order valence-electron chi connectivity index (χ3n) is 4.71. The molecule has 0 saturated carbocycles. The molecule has 29 heavy (non-hydrogen) atoms. The first-order valence-electron chi connectivity index (χ1n) is 9.32. The van der Waals surface area contributed by atoms with Crippen molar-refractivity contribution in [3.05, 3.63) is 60.8 Å². The summed E-state index contributed by atoms with van der Waals surface area (Å²) in [5.74, 6) is 0.450. The van der Waals surface area contributed by atoms with E-state index in [1.807, 2.05) is 18.2 Å². The predicted octanol–water partition coefficient (Wildman–Crippen LogP) is 3.13. The van der Waals surface area contributed by atoms with Crippen LogP contribution < -0.4 is 10.2 Å². The molecule has 8 heteroatoms. The number of hydrogen-bond donors (Lipinski definition) is 1. The van der Waals surface area contributed by atoms with Crippen molar-refractivity contribution in [2.45, 2.75) is 4.90 Å². The van der Waals surface area contributed by atoms with Gasteiger partial charge in [0.05, 0.1) is 23.8 Å². The van der Waals surface area contributed by atoms with Crippen molar-refractivity contribution in [2.24, 2.45) is 0 Å². The lowest BCUT2D eigenvalue weighted by Gasteiger charge is -2.28. The Balaban J connectivity index is 1.52. The maximum Gasteiger partial charge on any atom is 0.227 e. The summed E-state index contributed by atoms with van der Waals surface area (Å²) in [6.45, 7) is 3.29. The van der Waals surface area contributed by atoms with Crippen molar-refractivity contribution in [2.75, 3.05) is 42.8 Å². The number of nitrogens with one attached hydrogen (secondary N) is 1. The Morgan fingerprint density at radius 1 is 1.03 bits per heavy atom. The molecule has 0 aliphatic carbocycles. The van der Waals surface area contributed by atoms with Gasteiger partial charge in [-0.2, -0.15) is 0 Å². The summed E-state index contributed by atoms with van der Waals surface area (Å²) in [6, 6.07) is 16.6. The highest BCUT2D eigenvalue weighted by molar-refractivity contribution is 7.90. The second-order valence-electron chi connectivity index (χ2n) is 6.84. The van der Waals surface area contributed by atoms with Crippen LogP contribution in [0.4, 0.5) is 17.3 Å². The van der Waals surface area contributed by atoms with E-state index in [2.05, 4.69) is 32.3 Å². The van der Waals surface area contributed by atoms with Crippen molar-refractivity contribution in [3.63, 3.8) is 0 Å². The summed E-state index contributed by atoms with van der Waals surface area (Å²) in [5, 5.41) is 3.21. The largest absolute Gasteiger partial charge is 0.378 e. The summed E-state index contributed by atoms with van der Waals surface area (Å²) in [6.07, 6.45) is 2.85. The van der Waals surface area contributed by atoms with Gasteiger partial charge in [0, 0.05) is 42.5 Å². The van der Waals surface area contributed by atoms with E-state index in [1.54, 1.807) is 30.5 Å². The number of benzene rings is 2. The average molecular weight is 410 g/mol. The normalized spacial score (nSPS) is 14.6. The zero-order valence-electron chi connectivity index (χ0n) is 16.1. The molecule has 0 bridgehead atoms. The molecule has 150 valence electrons. The molecule has 4 rings (SSSR count). The fraction of sp³-hybridized carbons (Fsp3) is 0.238. The lowest BCUT2D eigenvalue weighted by molar-refractivity contribution is 0.122. The topological polar surface area (TPSA) is 84.4 Å². The number of ether oxygens (including phenoxy) is 1. The first kappa shape index (κ1) is 19.4. The molecule has 1 fully saturated rings. The number of rotatable bonds is 5. The van der Waals surface area contributed by atoms with Crippen LogP contribution in [0.3, 0.4) is 0 Å². The monoisotopic (exact) mass is 410 g/mol. The van der Waals surface area contributed by atoms with Gasteiger partial charge in [0.15, 0.2) is 9.84 Å². The molecule has 1 saturated heterocycles. The van der Waals surface area contributed by atoms with Crippen LogP contribution in [0.25, 0.3) is 11.3 Å². The summed E-state index contributed by atoms with van der Waals surface area (Å²) < 4.78 is 29.0. The minimum atomic E-state index is -3.28. The zero-order valence-corrected chi connectivity index (χ0v) is 16.9. The van der Waals surface area contributed by atoms with E-state index in [0.717, 1.165) is 43.2 Å². The van der Waals surface area contributed by atoms with Crippen LogP contribution in [0.2, 0.25) is 0 Å². The minimum absolute atomic E-state index is 0.266. The van der Waals surface area contributed by atoms with Gasteiger partial charge in [0.2, 0.25) is 5.95 Å². The first-order chi connectivity index (χ1) is 14.0. The molecule has 2 heterocycles. The molecule has 1 aromatic heterocycles. The Bertz CT molecular complexity index is 1090. The summed E-state index contributed by atoms with van der Waals surface area (Å²) >= 11 is 0. The van der Waals surface area contributed by atoms with Crippen molar-refractivity contribution < 1.29 is 13.2 Å². The van der Waals surface area contributed by atoms with Gasteiger partial charge in [0.25, 0.3) is 0 Å². The molecule has 0 atom stereocenters. The number of morpholine rings is 1. The summed E-state index contributed by atoms with van der Waals surface area (Å²) in [5.41, 5.74) is 3.41. The van der Waals surface area contributed by atoms with E-state index >= 15 is 0 Å². The van der Waals surface area contributed by atoms with Crippen LogP contribution in [0.15, 0.2) is 65.7 Å². The molecule has 0 spiro atoms. The van der Waals surface area contributed by atoms with Crippen LogP contribution in [0.1, 0.15) is 0 Å². The molecular weight excluding hydrogens is 388 g/mol. The highest BCUT2D eigenvalue weighted by Gasteiger charge is 2.12. The molecule has 0 amide bonds. The van der Waals surface area contributed by atoms with Crippen LogP contribution in [-0.2, 0) is 14.6 Å². The number of hydrogen-bond acceptors (Lipinski definition) is 7. The summed E-state index contributed by atoms with van der Waals surface area (Å²) in [7, 11) is -3.28. The van der Waals surface area contributed by atoms with Gasteiger partial charge in [0.1, 0.15) is 0 Å². The van der Waals surface area contributed by atoms with Gasteiger partial charge in [-0.1, -0.05) is 12.1 Å². The van der Waals surface area contributed by atoms with E-state index < -0.39 is 9.84 Å². The highest BCUT2D eigenvalue weighted by Crippen LogP contribution is 2.24. The predicted molar refractivity (Wildman–Crippen MR) is 113 cm³/mol. The van der Waals surface area contributed by atoms with Crippen molar-refractivity contribution >= 4 is 27.2 Å². The molecule has 3 aromatic rings. The minimum Gasteiger partial charge on any atom is -0.378 e. The van der Waals surface area contributed by atoms with Gasteiger partial charge in [-0.25, -0.2) is 18.4 Å². The zero-order chi connectivity index (χ0) is 20.3. The number of nitrogens with zero attached hydrogens (tertiary/aromatic N) is 3. The van der Waals surface area contributed by atoms with E-state index in [4.69, 9.17) is 4.74 Å². The quantitative estimate of drug-likeness (QED) is 0.692. The second-order valence-corrected chi connectivity index (χ2v) is 8.85. The molecule has 1 aliphatic rings. The molecule has 7 nitrogen and oxygen atoms in total. The number of sulfone groups is 1. The van der Waals surface area contributed by atoms with Crippen LogP contribution in [0, 0.1) is 0 Å². The third kappa shape index (κ3) is 4.72. The first-order valence-corrected chi connectivity index (χ1v) is 11.2. The lowest BCUT2D eigenvalue weighted by atomic mass is 10.1. The maximum atomic E-state index is 11.8. The van der Waals surface area contributed by atoms with Crippen LogP contribution in [-0.4, -0.2) is 50.9 Å². The van der Waals surface area contributed by atoms with Gasteiger partial charge >= 0.3 is 0 Å². The van der Waals surface area contributed by atoms with Gasteiger partial charge in [-0.3, -0.25) is 0 Å². The molecule has 0 unspecified atom stereocenters. The van der Waals surface area contributed by atoms with E-state index in [9.17, 15) is 8.42 Å². The standard InChI is InChI=1S/C21H22N4O3S/c1-29(26,27)19-4-2-3-16(15-19)20-9-10-22-21(24-20)23-17-5-7-18(8-6-17)25-11-13-28-14-12-25/h2-10,15H,11-14H2,1H3,(H,22,23,24). The Labute approximate surface area is 170 Å². The Morgan fingerprint density at radius 2 is 1.79 bits per heavy atom. The number of anilines is 3. The molecule has 1 aliphatic heterocycles. The van der Waals surface area contributed by atoms with Crippen LogP contribution >= 0.6 is 0 Å². The van der Waals surface area contributed by atoms with E-state index in [-0.39, 0.29) is 4.90 Å². The van der Waals surface area contributed by atoms with E-state index in [0.29, 0.717) is 11.6 Å². The second kappa shape index (κ2) is 8.18. The SMILES string of the molecule is CS(=O)(=O)c1cccc(-c2ccnc(Nc3ccc(N4CCOCC4)cc3)n2)c1. The molecule has 0 radical (unpaired) electrons. The fourth-order valence-electron chi connectivity index (χ4n) is 3.17. The Kier molecular flexibility index (Phi) is 5.46. The van der Waals surface area contributed by atoms with Crippen molar-refractivity contribution in [1.82, 2.24) is 9.97 Å². The smallest absolute Gasteiger partial charge is 0.227 e. The summed E-state index contributed by atoms with van der Waals surface area (Å²) in [4.78, 5) is 11.4. The molecule has 2 aromatic carbocycles. The Hall–Kier alpha value is -2.97. The average Bonchev–Trinajstić information content (AvgIpc) is 2.75. The third-order valence-corrected chi connectivity index (χ3v) is 5.82.